The minimum absolute atomic E-state index is 0.0315. The lowest BCUT2D eigenvalue weighted by Crippen LogP contribution is -2.18. The van der Waals surface area contributed by atoms with E-state index in [9.17, 15) is 15.0 Å². The number of nitrogens with one attached hydrogen (secondary N) is 1. The van der Waals surface area contributed by atoms with Gasteiger partial charge >= 0.3 is 0 Å². The monoisotopic (exact) mass is 382 g/mol. The van der Waals surface area contributed by atoms with Crippen LogP contribution in [-0.2, 0) is 0 Å². The molecule has 0 saturated carbocycles. The van der Waals surface area contributed by atoms with Crippen molar-refractivity contribution < 1.29 is 15.0 Å². The van der Waals surface area contributed by atoms with Gasteiger partial charge in [-0.25, -0.2) is 5.43 Å². The minimum Gasteiger partial charge on any atom is -0.508 e. The first-order valence-corrected chi connectivity index (χ1v) is 7.37. The summed E-state index contributed by atoms with van der Waals surface area (Å²) in [5, 5.41) is 23.6. The number of rotatable bonds is 3. The Morgan fingerprint density at radius 3 is 2.82 bits per heavy atom. The molecule has 114 valence electrons. The van der Waals surface area contributed by atoms with Crippen LogP contribution in [0, 0.1) is 6.92 Å². The van der Waals surface area contributed by atoms with Gasteiger partial charge in [-0.3, -0.25) is 4.79 Å². The van der Waals surface area contributed by atoms with Gasteiger partial charge in [0, 0.05) is 21.7 Å². The predicted molar refractivity (Wildman–Crippen MR) is 88.7 cm³/mol. The van der Waals surface area contributed by atoms with Crippen molar-refractivity contribution in [3.8, 4) is 11.5 Å². The number of amides is 1. The van der Waals surface area contributed by atoms with E-state index >= 15 is 0 Å². The van der Waals surface area contributed by atoms with Crippen LogP contribution in [0.25, 0.3) is 0 Å². The molecule has 7 heteroatoms. The highest BCUT2D eigenvalue weighted by molar-refractivity contribution is 9.10. The van der Waals surface area contributed by atoms with E-state index in [0.29, 0.717) is 26.2 Å². The Kier molecular flexibility index (Phi) is 5.05. The maximum absolute atomic E-state index is 12.0. The summed E-state index contributed by atoms with van der Waals surface area (Å²) in [6, 6.07) is 7.70. The number of aromatic hydroxyl groups is 2. The molecule has 1 amide bonds. The largest absolute Gasteiger partial charge is 0.508 e. The fourth-order valence-electron chi connectivity index (χ4n) is 1.77. The first-order chi connectivity index (χ1) is 10.4. The molecule has 0 fully saturated rings. The van der Waals surface area contributed by atoms with Crippen LogP contribution in [0.4, 0.5) is 0 Å². The first kappa shape index (κ1) is 16.3. The molecule has 0 saturated heterocycles. The summed E-state index contributed by atoms with van der Waals surface area (Å²) < 4.78 is 0.427. The van der Waals surface area contributed by atoms with E-state index < -0.39 is 5.91 Å². The molecule has 0 aliphatic carbocycles. The van der Waals surface area contributed by atoms with E-state index in [1.54, 1.807) is 25.1 Å². The number of phenols is 2. The number of hydrazone groups is 1. The van der Waals surface area contributed by atoms with Gasteiger partial charge in [0.1, 0.15) is 11.5 Å². The van der Waals surface area contributed by atoms with Crippen LogP contribution in [0.3, 0.4) is 0 Å². The zero-order chi connectivity index (χ0) is 16.3. The molecule has 3 N–H and O–H groups in total. The lowest BCUT2D eigenvalue weighted by Gasteiger charge is -2.06. The molecule has 0 aromatic heterocycles. The lowest BCUT2D eigenvalue weighted by atomic mass is 10.1. The molecule has 0 spiro atoms. The van der Waals surface area contributed by atoms with Crippen LogP contribution in [0.15, 0.2) is 39.9 Å². The van der Waals surface area contributed by atoms with Crippen LogP contribution in [0.5, 0.6) is 11.5 Å². The molecule has 22 heavy (non-hydrogen) atoms. The second-order valence-electron chi connectivity index (χ2n) is 4.47. The van der Waals surface area contributed by atoms with E-state index in [0.717, 1.165) is 0 Å². The summed E-state index contributed by atoms with van der Waals surface area (Å²) in [4.78, 5) is 12.0. The topological polar surface area (TPSA) is 81.9 Å². The molecule has 2 aromatic rings. The molecular weight excluding hydrogens is 372 g/mol. The quantitative estimate of drug-likeness (QED) is 0.559. The molecule has 0 atom stereocenters. The average Bonchev–Trinajstić information content (AvgIpc) is 2.46. The lowest BCUT2D eigenvalue weighted by molar-refractivity contribution is 0.0954. The van der Waals surface area contributed by atoms with Crippen molar-refractivity contribution in [1.29, 1.82) is 0 Å². The minimum atomic E-state index is -0.467. The number of carbonyl (C=O) groups excluding carboxylic acids is 1. The van der Waals surface area contributed by atoms with Gasteiger partial charge in [-0.2, -0.15) is 5.10 Å². The molecule has 5 nitrogen and oxygen atoms in total. The van der Waals surface area contributed by atoms with Crippen LogP contribution >= 0.6 is 27.5 Å². The summed E-state index contributed by atoms with van der Waals surface area (Å²) in [6.07, 6.45) is 1.28. The molecule has 0 heterocycles. The van der Waals surface area contributed by atoms with Crippen molar-refractivity contribution in [1.82, 2.24) is 5.43 Å². The maximum Gasteiger partial charge on any atom is 0.271 e. The molecule has 0 bridgehead atoms. The molecule has 0 radical (unpaired) electrons. The molecule has 0 aliphatic heterocycles. The van der Waals surface area contributed by atoms with Crippen molar-refractivity contribution in [2.75, 3.05) is 0 Å². The van der Waals surface area contributed by atoms with Gasteiger partial charge in [-0.05, 0) is 47.1 Å². The highest BCUT2D eigenvalue weighted by atomic mass is 79.9. The van der Waals surface area contributed by atoms with E-state index in [2.05, 4.69) is 26.5 Å². The number of phenolic OH excluding ortho intramolecular Hbond substituents is 2. The third-order valence-corrected chi connectivity index (χ3v) is 3.80. The number of benzene rings is 2. The first-order valence-electron chi connectivity index (χ1n) is 6.20. The zero-order valence-electron chi connectivity index (χ0n) is 11.5. The van der Waals surface area contributed by atoms with Gasteiger partial charge in [0.15, 0.2) is 0 Å². The van der Waals surface area contributed by atoms with Crippen molar-refractivity contribution in [3.05, 3.63) is 56.5 Å². The Labute approximate surface area is 140 Å². The standard InChI is InChI=1S/C15H12BrClN2O3/c1-8-11(3-2-4-13(8)20)15(22)19-18-7-9-5-10(17)6-12(16)14(9)21/h2-7,20-21H,1H3,(H,19,22)/b18-7+. The van der Waals surface area contributed by atoms with E-state index in [1.807, 2.05) is 0 Å². The van der Waals surface area contributed by atoms with E-state index in [4.69, 9.17) is 11.6 Å². The van der Waals surface area contributed by atoms with Gasteiger partial charge in [0.25, 0.3) is 5.91 Å². The average molecular weight is 384 g/mol. The fraction of sp³-hybridized carbons (Fsp3) is 0.0667. The normalized spacial score (nSPS) is 10.9. The Morgan fingerprint density at radius 1 is 1.36 bits per heavy atom. The molecule has 2 rings (SSSR count). The van der Waals surface area contributed by atoms with E-state index in [1.165, 1.54) is 18.3 Å². The molecule has 0 aliphatic rings. The molecule has 2 aromatic carbocycles. The molecule has 0 unspecified atom stereocenters. The van der Waals surface area contributed by atoms with Gasteiger partial charge in [-0.1, -0.05) is 17.7 Å². The second kappa shape index (κ2) is 6.81. The smallest absolute Gasteiger partial charge is 0.271 e. The van der Waals surface area contributed by atoms with E-state index in [-0.39, 0.29) is 11.5 Å². The Hall–Kier alpha value is -2.05. The van der Waals surface area contributed by atoms with Gasteiger partial charge < -0.3 is 10.2 Å². The summed E-state index contributed by atoms with van der Waals surface area (Å²) >= 11 is 9.04. The number of hydrogen-bond acceptors (Lipinski definition) is 4. The number of halogens is 2. The van der Waals surface area contributed by atoms with Crippen LogP contribution in [0.2, 0.25) is 5.02 Å². The highest BCUT2D eigenvalue weighted by Crippen LogP contribution is 2.30. The summed E-state index contributed by atoms with van der Waals surface area (Å²) in [7, 11) is 0. The number of hydrogen-bond donors (Lipinski definition) is 3. The second-order valence-corrected chi connectivity index (χ2v) is 5.77. The summed E-state index contributed by atoms with van der Waals surface area (Å²) in [5.74, 6) is -0.464. The number of nitrogens with zero attached hydrogens (tertiary/aromatic N) is 1. The van der Waals surface area contributed by atoms with Crippen LogP contribution in [0.1, 0.15) is 21.5 Å². The highest BCUT2D eigenvalue weighted by Gasteiger charge is 2.10. The summed E-state index contributed by atoms with van der Waals surface area (Å²) in [6.45, 7) is 1.63. The predicted octanol–water partition coefficient (Wildman–Crippen LogP) is 3.59. The van der Waals surface area contributed by atoms with Crippen molar-refractivity contribution >= 4 is 39.7 Å². The van der Waals surface area contributed by atoms with Crippen molar-refractivity contribution in [3.63, 3.8) is 0 Å². The fourth-order valence-corrected chi connectivity index (χ4v) is 2.61. The van der Waals surface area contributed by atoms with Crippen molar-refractivity contribution in [2.45, 2.75) is 6.92 Å². The number of carbonyl (C=O) groups is 1. The van der Waals surface area contributed by atoms with Gasteiger partial charge in [-0.15, -0.1) is 0 Å². The van der Waals surface area contributed by atoms with Gasteiger partial charge in [0.2, 0.25) is 0 Å². The third kappa shape index (κ3) is 3.58. The van der Waals surface area contributed by atoms with Crippen LogP contribution < -0.4 is 5.43 Å². The molecular formula is C15H12BrClN2O3. The van der Waals surface area contributed by atoms with Crippen molar-refractivity contribution in [2.24, 2.45) is 5.10 Å². The Morgan fingerprint density at radius 2 is 2.09 bits per heavy atom. The zero-order valence-corrected chi connectivity index (χ0v) is 13.8. The Bertz CT molecular complexity index is 763. The van der Waals surface area contributed by atoms with Crippen LogP contribution in [-0.4, -0.2) is 22.3 Å². The Balaban J connectivity index is 2.16. The van der Waals surface area contributed by atoms with Gasteiger partial charge in [0.05, 0.1) is 10.7 Å². The SMILES string of the molecule is Cc1c(O)cccc1C(=O)N/N=C/c1cc(Cl)cc(Br)c1O. The summed E-state index contributed by atoms with van der Waals surface area (Å²) in [5.41, 5.74) is 3.46. The third-order valence-electron chi connectivity index (χ3n) is 2.98. The maximum atomic E-state index is 12.0.